The van der Waals surface area contributed by atoms with E-state index < -0.39 is 0 Å². The zero-order valence-corrected chi connectivity index (χ0v) is 16.4. The van der Waals surface area contributed by atoms with E-state index in [2.05, 4.69) is 5.32 Å². The van der Waals surface area contributed by atoms with Crippen molar-refractivity contribution in [3.05, 3.63) is 28.8 Å². The Morgan fingerprint density at radius 1 is 1.19 bits per heavy atom. The molecule has 0 bridgehead atoms. The third-order valence-electron chi connectivity index (χ3n) is 5.53. The second-order valence-electron chi connectivity index (χ2n) is 7.82. The monoisotopic (exact) mass is 373 g/mol. The average molecular weight is 373 g/mol. The minimum atomic E-state index is -0.0977. The second-order valence-corrected chi connectivity index (χ2v) is 7.82. The standard InChI is InChI=1S/C21H31N3O3/c1-14-10-17(21(26)23-18(12-22)16-6-7-16)11-15(2)20(14)27-13-19(25)24-8-4-3-5-9-24/h10-11,16,18H,3-9,12-13,22H2,1-2H3,(H,23,26). The first-order valence-electron chi connectivity index (χ1n) is 10.0. The Kier molecular flexibility index (Phi) is 6.37. The SMILES string of the molecule is Cc1cc(C(=O)NC(CN)C2CC2)cc(C)c1OCC(=O)N1CCCCC1. The molecule has 1 aromatic rings. The summed E-state index contributed by atoms with van der Waals surface area (Å²) in [4.78, 5) is 26.8. The Hall–Kier alpha value is -2.08. The number of nitrogens with one attached hydrogen (secondary N) is 1. The van der Waals surface area contributed by atoms with E-state index in [-0.39, 0.29) is 24.5 Å². The minimum Gasteiger partial charge on any atom is -0.483 e. The van der Waals surface area contributed by atoms with Crippen LogP contribution in [-0.2, 0) is 4.79 Å². The van der Waals surface area contributed by atoms with Gasteiger partial charge in [-0.05, 0) is 75.1 Å². The van der Waals surface area contributed by atoms with Crippen LogP contribution in [0.15, 0.2) is 12.1 Å². The van der Waals surface area contributed by atoms with Crippen molar-refractivity contribution in [3.63, 3.8) is 0 Å². The molecule has 27 heavy (non-hydrogen) atoms. The van der Waals surface area contributed by atoms with E-state index in [0.29, 0.717) is 23.8 Å². The van der Waals surface area contributed by atoms with E-state index in [1.165, 1.54) is 6.42 Å². The van der Waals surface area contributed by atoms with Gasteiger partial charge in [-0.2, -0.15) is 0 Å². The molecule has 1 aliphatic carbocycles. The second kappa shape index (κ2) is 8.74. The zero-order valence-electron chi connectivity index (χ0n) is 16.4. The van der Waals surface area contributed by atoms with Crippen LogP contribution in [0.25, 0.3) is 0 Å². The number of ether oxygens (including phenoxy) is 1. The van der Waals surface area contributed by atoms with E-state index in [1.54, 1.807) is 0 Å². The van der Waals surface area contributed by atoms with Crippen LogP contribution in [0.5, 0.6) is 5.75 Å². The van der Waals surface area contributed by atoms with Gasteiger partial charge in [0.15, 0.2) is 6.61 Å². The molecule has 3 rings (SSSR count). The Morgan fingerprint density at radius 3 is 2.37 bits per heavy atom. The summed E-state index contributed by atoms with van der Waals surface area (Å²) in [5.74, 6) is 1.14. The molecular formula is C21H31N3O3. The highest BCUT2D eigenvalue weighted by Gasteiger charge is 2.31. The number of hydrogen-bond acceptors (Lipinski definition) is 4. The number of aryl methyl sites for hydroxylation is 2. The molecule has 2 fully saturated rings. The molecule has 0 radical (unpaired) electrons. The number of hydrogen-bond donors (Lipinski definition) is 2. The number of nitrogens with two attached hydrogens (primary N) is 1. The molecule has 0 spiro atoms. The predicted octanol–water partition coefficient (Wildman–Crippen LogP) is 2.16. The molecule has 1 atom stereocenters. The largest absolute Gasteiger partial charge is 0.483 e. The van der Waals surface area contributed by atoms with E-state index in [4.69, 9.17) is 10.5 Å². The van der Waals surface area contributed by atoms with Crippen LogP contribution in [-0.4, -0.2) is 49.0 Å². The van der Waals surface area contributed by atoms with Crippen molar-refractivity contribution in [1.82, 2.24) is 10.2 Å². The fraction of sp³-hybridized carbons (Fsp3) is 0.619. The van der Waals surface area contributed by atoms with Gasteiger partial charge in [0.2, 0.25) is 0 Å². The van der Waals surface area contributed by atoms with E-state index in [0.717, 1.165) is 49.9 Å². The molecular weight excluding hydrogens is 342 g/mol. The number of benzene rings is 1. The first kappa shape index (κ1) is 19.7. The van der Waals surface area contributed by atoms with Crippen molar-refractivity contribution >= 4 is 11.8 Å². The van der Waals surface area contributed by atoms with Crippen molar-refractivity contribution < 1.29 is 14.3 Å². The van der Waals surface area contributed by atoms with Gasteiger partial charge in [-0.1, -0.05) is 0 Å². The summed E-state index contributed by atoms with van der Waals surface area (Å²) < 4.78 is 5.82. The molecule has 1 aliphatic heterocycles. The molecule has 0 aromatic heterocycles. The summed E-state index contributed by atoms with van der Waals surface area (Å²) in [6.07, 6.45) is 5.60. The number of carbonyl (C=O) groups excluding carboxylic acids is 2. The fourth-order valence-corrected chi connectivity index (χ4v) is 3.80. The van der Waals surface area contributed by atoms with Crippen molar-refractivity contribution in [2.75, 3.05) is 26.2 Å². The lowest BCUT2D eigenvalue weighted by atomic mass is 10.0. The van der Waals surface area contributed by atoms with Crippen LogP contribution in [0, 0.1) is 19.8 Å². The highest BCUT2D eigenvalue weighted by atomic mass is 16.5. The number of rotatable bonds is 7. The summed E-state index contributed by atoms with van der Waals surface area (Å²) in [5.41, 5.74) is 8.12. The summed E-state index contributed by atoms with van der Waals surface area (Å²) in [6, 6.07) is 3.70. The fourth-order valence-electron chi connectivity index (χ4n) is 3.80. The summed E-state index contributed by atoms with van der Waals surface area (Å²) in [7, 11) is 0. The summed E-state index contributed by atoms with van der Waals surface area (Å²) >= 11 is 0. The lowest BCUT2D eigenvalue weighted by Gasteiger charge is -2.27. The first-order chi connectivity index (χ1) is 13.0. The maximum atomic E-state index is 12.6. The molecule has 3 N–H and O–H groups in total. The van der Waals surface area contributed by atoms with E-state index in [9.17, 15) is 9.59 Å². The molecule has 1 aromatic carbocycles. The molecule has 1 saturated heterocycles. The Labute approximate surface area is 161 Å². The molecule has 148 valence electrons. The van der Waals surface area contributed by atoms with E-state index in [1.807, 2.05) is 30.9 Å². The lowest BCUT2D eigenvalue weighted by molar-refractivity contribution is -0.134. The molecule has 1 saturated carbocycles. The van der Waals surface area contributed by atoms with Crippen LogP contribution in [0.4, 0.5) is 0 Å². The Balaban J connectivity index is 1.61. The van der Waals surface area contributed by atoms with Gasteiger partial charge in [-0.3, -0.25) is 9.59 Å². The van der Waals surface area contributed by atoms with Gasteiger partial charge in [-0.15, -0.1) is 0 Å². The van der Waals surface area contributed by atoms with Crippen molar-refractivity contribution in [2.24, 2.45) is 11.7 Å². The average Bonchev–Trinajstić information content (AvgIpc) is 3.50. The van der Waals surface area contributed by atoms with Crippen LogP contribution in [0.2, 0.25) is 0 Å². The predicted molar refractivity (Wildman–Crippen MR) is 105 cm³/mol. The Morgan fingerprint density at radius 2 is 1.81 bits per heavy atom. The van der Waals surface area contributed by atoms with Crippen LogP contribution < -0.4 is 15.8 Å². The van der Waals surface area contributed by atoms with Crippen LogP contribution >= 0.6 is 0 Å². The lowest BCUT2D eigenvalue weighted by Crippen LogP contribution is -2.41. The van der Waals surface area contributed by atoms with Gasteiger partial charge in [0.05, 0.1) is 0 Å². The minimum absolute atomic E-state index is 0.0329. The van der Waals surface area contributed by atoms with Crippen molar-refractivity contribution in [2.45, 2.75) is 52.0 Å². The number of nitrogens with zero attached hydrogens (tertiary/aromatic N) is 1. The molecule has 1 unspecified atom stereocenters. The third-order valence-corrected chi connectivity index (χ3v) is 5.53. The van der Waals surface area contributed by atoms with Gasteiger partial charge < -0.3 is 20.7 Å². The normalized spacial score (nSPS) is 18.1. The first-order valence-corrected chi connectivity index (χ1v) is 10.0. The number of amides is 2. The quantitative estimate of drug-likeness (QED) is 0.767. The number of carbonyl (C=O) groups is 2. The highest BCUT2D eigenvalue weighted by molar-refractivity contribution is 5.95. The van der Waals surface area contributed by atoms with Gasteiger partial charge in [0.1, 0.15) is 5.75 Å². The van der Waals surface area contributed by atoms with Crippen LogP contribution in [0.3, 0.4) is 0 Å². The number of likely N-dealkylation sites (tertiary alicyclic amines) is 1. The zero-order chi connectivity index (χ0) is 19.4. The smallest absolute Gasteiger partial charge is 0.260 e. The van der Waals surface area contributed by atoms with Gasteiger partial charge in [-0.25, -0.2) is 0 Å². The third kappa shape index (κ3) is 5.01. The summed E-state index contributed by atoms with van der Waals surface area (Å²) in [6.45, 7) is 5.97. The topological polar surface area (TPSA) is 84.7 Å². The maximum absolute atomic E-state index is 12.6. The summed E-state index contributed by atoms with van der Waals surface area (Å²) in [5, 5.41) is 3.05. The highest BCUT2D eigenvalue weighted by Crippen LogP contribution is 2.32. The maximum Gasteiger partial charge on any atom is 0.260 e. The molecule has 6 heteroatoms. The van der Waals surface area contributed by atoms with Crippen molar-refractivity contribution in [1.29, 1.82) is 0 Å². The molecule has 2 amide bonds. The molecule has 6 nitrogen and oxygen atoms in total. The van der Waals surface area contributed by atoms with Gasteiger partial charge in [0.25, 0.3) is 11.8 Å². The van der Waals surface area contributed by atoms with E-state index >= 15 is 0 Å². The molecule has 1 heterocycles. The Bertz CT molecular complexity index is 671. The molecule has 2 aliphatic rings. The van der Waals surface area contributed by atoms with Crippen molar-refractivity contribution in [3.8, 4) is 5.75 Å². The van der Waals surface area contributed by atoms with Crippen LogP contribution in [0.1, 0.15) is 53.6 Å². The number of piperidine rings is 1. The van der Waals surface area contributed by atoms with Gasteiger partial charge in [0, 0.05) is 31.2 Å². The van der Waals surface area contributed by atoms with Gasteiger partial charge >= 0.3 is 0 Å².